The molecule has 1 aromatic carbocycles. The van der Waals surface area contributed by atoms with E-state index >= 15 is 0 Å². The van der Waals surface area contributed by atoms with E-state index in [0.29, 0.717) is 12.0 Å². The van der Waals surface area contributed by atoms with Crippen LogP contribution in [-0.2, 0) is 29.4 Å². The van der Waals surface area contributed by atoms with E-state index in [1.807, 2.05) is 20.8 Å². The molecule has 0 aliphatic rings. The third-order valence-electron chi connectivity index (χ3n) is 2.84. The van der Waals surface area contributed by atoms with Crippen molar-refractivity contribution in [3.8, 4) is 0 Å². The Bertz CT molecular complexity index is 481. The first-order valence-electron chi connectivity index (χ1n) is 5.55. The van der Waals surface area contributed by atoms with E-state index in [9.17, 15) is 13.0 Å². The van der Waals surface area contributed by atoms with Crippen LogP contribution in [0.15, 0.2) is 17.0 Å². The second-order valence-corrected chi connectivity index (χ2v) is 5.04. The third kappa shape index (κ3) is 3.80. The van der Waals surface area contributed by atoms with Gasteiger partial charge in [0, 0.05) is 0 Å². The summed E-state index contributed by atoms with van der Waals surface area (Å²) in [6.45, 7) is 5.89. The van der Waals surface area contributed by atoms with Gasteiger partial charge in [0.2, 0.25) is 0 Å². The van der Waals surface area contributed by atoms with Crippen molar-refractivity contribution in [2.45, 2.75) is 44.9 Å². The van der Waals surface area contributed by atoms with E-state index in [1.54, 1.807) is 6.07 Å². The number of benzene rings is 1. The van der Waals surface area contributed by atoms with Crippen LogP contribution in [0.1, 0.15) is 37.5 Å². The van der Waals surface area contributed by atoms with Gasteiger partial charge in [0.1, 0.15) is 10.1 Å². The molecular formula is C12H17NaO3S. The fourth-order valence-corrected chi connectivity index (χ4v) is 2.92. The van der Waals surface area contributed by atoms with Gasteiger partial charge in [-0.3, -0.25) is 0 Å². The Labute approximate surface area is 126 Å². The van der Waals surface area contributed by atoms with Gasteiger partial charge in [-0.05, 0) is 42.0 Å². The van der Waals surface area contributed by atoms with E-state index < -0.39 is 10.1 Å². The van der Waals surface area contributed by atoms with Gasteiger partial charge in [-0.15, -0.1) is 0 Å². The number of hydrogen-bond donors (Lipinski definition) is 0. The average molecular weight is 264 g/mol. The fourth-order valence-electron chi connectivity index (χ4n) is 2.11. The van der Waals surface area contributed by atoms with Crippen LogP contribution in [0.2, 0.25) is 0 Å². The van der Waals surface area contributed by atoms with Crippen LogP contribution in [0.4, 0.5) is 0 Å². The molecule has 17 heavy (non-hydrogen) atoms. The fraction of sp³-hybridized carbons (Fsp3) is 0.500. The van der Waals surface area contributed by atoms with Crippen molar-refractivity contribution in [3.05, 3.63) is 28.8 Å². The molecule has 0 spiro atoms. The van der Waals surface area contributed by atoms with Crippen molar-refractivity contribution in [3.63, 3.8) is 0 Å². The first-order valence-corrected chi connectivity index (χ1v) is 6.96. The van der Waals surface area contributed by atoms with Crippen molar-refractivity contribution in [1.82, 2.24) is 0 Å². The van der Waals surface area contributed by atoms with Crippen LogP contribution in [0.5, 0.6) is 0 Å². The molecule has 0 aromatic heterocycles. The minimum absolute atomic E-state index is 0. The summed E-state index contributed by atoms with van der Waals surface area (Å²) in [6.07, 6.45) is 2.19. The normalized spacial score (nSPS) is 11.1. The van der Waals surface area contributed by atoms with Crippen molar-refractivity contribution in [1.29, 1.82) is 0 Å². The predicted molar refractivity (Wildman–Crippen MR) is 62.5 cm³/mol. The molecule has 1 rings (SSSR count). The molecule has 0 saturated heterocycles. The summed E-state index contributed by atoms with van der Waals surface area (Å²) in [4.78, 5) is -0.0518. The molecule has 1 aromatic rings. The molecule has 0 bridgehead atoms. The summed E-state index contributed by atoms with van der Waals surface area (Å²) >= 11 is 0. The zero-order chi connectivity index (χ0) is 12.3. The Morgan fingerprint density at radius 3 is 1.88 bits per heavy atom. The Balaban J connectivity index is 0.00000256. The molecular weight excluding hydrogens is 247 g/mol. The zero-order valence-corrected chi connectivity index (χ0v) is 13.7. The largest absolute Gasteiger partial charge is 1.00 e. The number of hydrogen-bond acceptors (Lipinski definition) is 3. The summed E-state index contributed by atoms with van der Waals surface area (Å²) in [5.74, 6) is 0. The summed E-state index contributed by atoms with van der Waals surface area (Å²) < 4.78 is 33.4. The van der Waals surface area contributed by atoms with E-state index in [4.69, 9.17) is 0 Å². The minimum Gasteiger partial charge on any atom is -0.744 e. The molecule has 0 radical (unpaired) electrons. The SMILES string of the molecule is CCc1ccc(S(=O)(=O)[O-])c(CC)c1CC.[Na+]. The van der Waals surface area contributed by atoms with Gasteiger partial charge in [-0.25, -0.2) is 8.42 Å². The van der Waals surface area contributed by atoms with E-state index in [1.165, 1.54) is 6.07 Å². The van der Waals surface area contributed by atoms with Gasteiger partial charge >= 0.3 is 29.6 Å². The van der Waals surface area contributed by atoms with Crippen molar-refractivity contribution in [2.24, 2.45) is 0 Å². The standard InChI is InChI=1S/C12H18O3S.Na/c1-4-9-7-8-12(16(13,14)15)11(6-3)10(9)5-2;/h7-8H,4-6H2,1-3H3,(H,13,14,15);/q;+1/p-1. The van der Waals surface area contributed by atoms with Gasteiger partial charge in [0.05, 0.1) is 4.90 Å². The quantitative estimate of drug-likeness (QED) is 0.533. The van der Waals surface area contributed by atoms with Gasteiger partial charge in [-0.1, -0.05) is 26.8 Å². The molecule has 0 unspecified atom stereocenters. The van der Waals surface area contributed by atoms with Crippen LogP contribution >= 0.6 is 0 Å². The first-order chi connectivity index (χ1) is 7.45. The van der Waals surface area contributed by atoms with Crippen LogP contribution in [0.3, 0.4) is 0 Å². The van der Waals surface area contributed by atoms with Crippen molar-refractivity contribution >= 4 is 10.1 Å². The molecule has 90 valence electrons. The summed E-state index contributed by atoms with van der Waals surface area (Å²) in [5, 5.41) is 0. The van der Waals surface area contributed by atoms with E-state index in [-0.39, 0.29) is 34.5 Å². The number of aryl methyl sites for hydroxylation is 1. The van der Waals surface area contributed by atoms with Crippen LogP contribution in [0, 0.1) is 0 Å². The molecule has 5 heteroatoms. The first kappa shape index (κ1) is 17.1. The van der Waals surface area contributed by atoms with Crippen molar-refractivity contribution < 1.29 is 42.5 Å². The molecule has 0 aliphatic heterocycles. The molecule has 0 heterocycles. The zero-order valence-electron chi connectivity index (χ0n) is 10.9. The minimum atomic E-state index is -4.35. The molecule has 0 atom stereocenters. The van der Waals surface area contributed by atoms with Crippen molar-refractivity contribution in [2.75, 3.05) is 0 Å². The second kappa shape index (κ2) is 6.90. The Morgan fingerprint density at radius 2 is 1.53 bits per heavy atom. The molecule has 0 aliphatic carbocycles. The Hall–Kier alpha value is 0.130. The Morgan fingerprint density at radius 1 is 1.00 bits per heavy atom. The maximum Gasteiger partial charge on any atom is 1.00 e. The van der Waals surface area contributed by atoms with Gasteiger partial charge in [0.15, 0.2) is 0 Å². The third-order valence-corrected chi connectivity index (χ3v) is 3.76. The number of rotatable bonds is 4. The maximum atomic E-state index is 11.1. The topological polar surface area (TPSA) is 57.2 Å². The monoisotopic (exact) mass is 264 g/mol. The second-order valence-electron chi connectivity index (χ2n) is 3.69. The van der Waals surface area contributed by atoms with Crippen LogP contribution in [0.25, 0.3) is 0 Å². The Kier molecular flexibility index (Phi) is 6.95. The average Bonchev–Trinajstić information content (AvgIpc) is 2.25. The smallest absolute Gasteiger partial charge is 0.744 e. The van der Waals surface area contributed by atoms with Gasteiger partial charge in [-0.2, -0.15) is 0 Å². The van der Waals surface area contributed by atoms with Gasteiger partial charge in [0.25, 0.3) is 0 Å². The summed E-state index contributed by atoms with van der Waals surface area (Å²) in [6, 6.07) is 3.20. The molecule has 0 saturated carbocycles. The molecule has 0 N–H and O–H groups in total. The maximum absolute atomic E-state index is 11.1. The van der Waals surface area contributed by atoms with E-state index in [2.05, 4.69) is 0 Å². The van der Waals surface area contributed by atoms with Gasteiger partial charge < -0.3 is 4.55 Å². The van der Waals surface area contributed by atoms with Crippen LogP contribution in [-0.4, -0.2) is 13.0 Å². The molecule has 0 fully saturated rings. The molecule has 0 amide bonds. The predicted octanol–water partition coefficient (Wildman–Crippen LogP) is -0.718. The molecule has 3 nitrogen and oxygen atoms in total. The summed E-state index contributed by atoms with van der Waals surface area (Å²) in [5.41, 5.74) is 2.84. The summed E-state index contributed by atoms with van der Waals surface area (Å²) in [7, 11) is -4.35. The van der Waals surface area contributed by atoms with Crippen LogP contribution < -0.4 is 29.6 Å². The van der Waals surface area contributed by atoms with E-state index in [0.717, 1.165) is 24.0 Å².